The average molecular weight is 1410 g/mol. The van der Waals surface area contributed by atoms with E-state index in [9.17, 15) is 41.9 Å². The Bertz CT molecular complexity index is 4940. The second kappa shape index (κ2) is 33.3. The molecule has 3 fully saturated rings. The number of hydrogen-bond donors (Lipinski definition) is 3. The second-order valence-corrected chi connectivity index (χ2v) is 23.9. The van der Waals surface area contributed by atoms with Gasteiger partial charge in [0.25, 0.3) is 17.1 Å². The third-order valence-corrected chi connectivity index (χ3v) is 16.7. The molecule has 0 radical (unpaired) electrons. The van der Waals surface area contributed by atoms with Gasteiger partial charge in [-0.15, -0.1) is 0 Å². The Morgan fingerprint density at radius 2 is 0.650 bits per heavy atom. The van der Waals surface area contributed by atoms with Gasteiger partial charge in [-0.1, -0.05) is 54.6 Å². The van der Waals surface area contributed by atoms with Gasteiger partial charge in [0, 0.05) is 106 Å². The highest BCUT2D eigenvalue weighted by atomic mass is 35.5. The van der Waals surface area contributed by atoms with Gasteiger partial charge in [0.15, 0.2) is 17.3 Å². The van der Waals surface area contributed by atoms with Crippen LogP contribution in [-0.2, 0) is 14.2 Å². The number of nitrogens with one attached hydrogen (secondary N) is 2. The summed E-state index contributed by atoms with van der Waals surface area (Å²) in [6.07, 6.45) is 5.24. The van der Waals surface area contributed by atoms with E-state index < -0.39 is 34.5 Å². The van der Waals surface area contributed by atoms with Gasteiger partial charge < -0.3 is 45.3 Å². The first kappa shape index (κ1) is 70.6. The number of aromatic nitrogens is 6. The van der Waals surface area contributed by atoms with Crippen molar-refractivity contribution in [2.45, 2.75) is 0 Å². The Morgan fingerprint density at radius 1 is 0.350 bits per heavy atom. The Morgan fingerprint density at radius 3 is 0.981 bits per heavy atom. The minimum absolute atomic E-state index is 0.0761. The van der Waals surface area contributed by atoms with Crippen molar-refractivity contribution >= 4 is 114 Å². The van der Waals surface area contributed by atoms with Crippen LogP contribution >= 0.6 is 11.6 Å². The molecule has 6 heterocycles. The van der Waals surface area contributed by atoms with E-state index in [-0.39, 0.29) is 34.0 Å². The predicted octanol–water partition coefficient (Wildman–Crippen LogP) is 12.7. The molecule has 2 amide bonds. The third kappa shape index (κ3) is 18.4. The summed E-state index contributed by atoms with van der Waals surface area (Å²) < 4.78 is 55.3. The van der Waals surface area contributed by atoms with Crippen molar-refractivity contribution < 1.29 is 56.1 Å². The topological polar surface area (TPSA) is 267 Å². The van der Waals surface area contributed by atoms with Crippen molar-refractivity contribution in [3.05, 3.63) is 286 Å². The normalized spacial score (nSPS) is 13.5. The average Bonchev–Trinajstić information content (AvgIpc) is 0.810. The van der Waals surface area contributed by atoms with Crippen LogP contribution in [-0.4, -0.2) is 143 Å². The minimum Gasteiger partial charge on any atom is -0.399 e. The summed E-state index contributed by atoms with van der Waals surface area (Å²) >= 11 is 5.07. The van der Waals surface area contributed by atoms with E-state index in [1.807, 2.05) is 6.07 Å². The second-order valence-electron chi connectivity index (χ2n) is 23.6. The summed E-state index contributed by atoms with van der Waals surface area (Å²) in [6.45, 7) is 8.51. The molecular formula is C78H64ClF3N12O9. The maximum atomic E-state index is 13.4. The van der Waals surface area contributed by atoms with Crippen molar-refractivity contribution in [3.63, 3.8) is 0 Å². The number of rotatable bonds is 14. The Hall–Kier alpha value is -12.2. The molecular weight excluding hydrogens is 1340 g/mol. The molecule has 0 spiro atoms. The number of nitrogens with zero attached hydrogens (tertiary/aromatic N) is 9. The third-order valence-electron chi connectivity index (χ3n) is 16.5. The van der Waals surface area contributed by atoms with Crippen molar-refractivity contribution in [3.8, 4) is 0 Å². The van der Waals surface area contributed by atoms with Crippen LogP contribution in [0.15, 0.2) is 219 Å². The molecule has 3 aliphatic rings. The molecule has 25 heteroatoms. The quantitative estimate of drug-likeness (QED) is 0.0519. The maximum Gasteiger partial charge on any atom is 0.255 e. The molecule has 21 nitrogen and oxygen atoms in total. The molecule has 12 aromatic rings. The van der Waals surface area contributed by atoms with Gasteiger partial charge in [-0.25, -0.2) is 28.1 Å². The molecule has 103 heavy (non-hydrogen) atoms. The summed E-state index contributed by atoms with van der Waals surface area (Å²) in [6, 6.07) is 52.2. The molecule has 9 aromatic carbocycles. The summed E-state index contributed by atoms with van der Waals surface area (Å²) in [7, 11) is 0. The van der Waals surface area contributed by atoms with Crippen LogP contribution in [0.5, 0.6) is 0 Å². The number of carbonyl (C=O) groups excluding carboxylic acids is 6. The van der Waals surface area contributed by atoms with Gasteiger partial charge in [-0.3, -0.25) is 43.7 Å². The predicted molar refractivity (Wildman–Crippen MR) is 387 cm³/mol. The van der Waals surface area contributed by atoms with E-state index in [0.717, 1.165) is 80.4 Å². The van der Waals surface area contributed by atoms with Crippen LogP contribution in [0.3, 0.4) is 0 Å². The van der Waals surface area contributed by atoms with Crippen molar-refractivity contribution in [1.29, 1.82) is 0 Å². The van der Waals surface area contributed by atoms with Crippen LogP contribution in [0, 0.1) is 17.5 Å². The highest BCUT2D eigenvalue weighted by Gasteiger charge is 2.21. The van der Waals surface area contributed by atoms with Crippen LogP contribution in [0.1, 0.15) is 78.8 Å². The number of anilines is 6. The number of amides is 2. The monoisotopic (exact) mass is 1400 g/mol. The highest BCUT2D eigenvalue weighted by molar-refractivity contribution is 6.67. The molecule has 0 bridgehead atoms. The van der Waals surface area contributed by atoms with Gasteiger partial charge >= 0.3 is 0 Å². The highest BCUT2D eigenvalue weighted by Crippen LogP contribution is 2.26. The standard InChI is InChI=1S/2C26H21FN4O3.C19H18N4O2.C7H4ClFO/c2*27-20-5-1-4-19(13-20)26(33)29-21-6-2-3-17(14-21)25(32)18-7-8-22-23(15-18)30-24(16-28-22)31-9-11-34-12-10-31;20-15-3-1-2-13(10-15)19(24)14-4-5-16-17(11-14)22-18(12-21-16)23-6-8-25-9-7-23;8-7(10)5-2-1-3-6(9)4-5/h2*1-8,13-16H,9-12H2,(H,29,33);1-5,10-12H,6-9,20H2;1-4H. The van der Waals surface area contributed by atoms with Crippen LogP contribution in [0.2, 0.25) is 0 Å². The first-order valence-electron chi connectivity index (χ1n) is 32.6. The lowest BCUT2D eigenvalue weighted by molar-refractivity contribution is 0.101. The molecule has 3 saturated heterocycles. The lowest BCUT2D eigenvalue weighted by atomic mass is 10.0. The summed E-state index contributed by atoms with van der Waals surface area (Å²) in [4.78, 5) is 108. The smallest absolute Gasteiger partial charge is 0.255 e. The first-order valence-corrected chi connectivity index (χ1v) is 33.0. The van der Waals surface area contributed by atoms with Crippen molar-refractivity contribution in [1.82, 2.24) is 29.9 Å². The van der Waals surface area contributed by atoms with Crippen LogP contribution in [0.25, 0.3) is 33.1 Å². The zero-order valence-corrected chi connectivity index (χ0v) is 55.8. The fraction of sp³-hybridized carbons (Fsp3) is 0.154. The van der Waals surface area contributed by atoms with Crippen molar-refractivity contribution in [2.24, 2.45) is 0 Å². The van der Waals surface area contributed by atoms with Gasteiger partial charge in [0.1, 0.15) is 34.9 Å². The maximum absolute atomic E-state index is 13.4. The van der Waals surface area contributed by atoms with E-state index >= 15 is 0 Å². The number of nitrogens with two attached hydrogens (primary N) is 1. The van der Waals surface area contributed by atoms with Crippen LogP contribution < -0.4 is 31.1 Å². The van der Waals surface area contributed by atoms with E-state index in [4.69, 9.17) is 41.5 Å². The zero-order chi connectivity index (χ0) is 71.8. The number of halogens is 4. The molecule has 3 aliphatic heterocycles. The Kier molecular flexibility index (Phi) is 22.8. The fourth-order valence-corrected chi connectivity index (χ4v) is 11.3. The van der Waals surface area contributed by atoms with Crippen LogP contribution in [0.4, 0.5) is 47.7 Å². The molecule has 0 saturated carbocycles. The fourth-order valence-electron chi connectivity index (χ4n) is 11.2. The molecule has 3 aromatic heterocycles. The molecule has 0 aliphatic carbocycles. The summed E-state index contributed by atoms with van der Waals surface area (Å²) in [5.41, 5.74) is 14.8. The number of benzene rings is 9. The van der Waals surface area contributed by atoms with Gasteiger partial charge in [0.05, 0.1) is 91.3 Å². The van der Waals surface area contributed by atoms with E-state index in [2.05, 4.69) is 45.3 Å². The van der Waals surface area contributed by atoms with E-state index in [0.29, 0.717) is 118 Å². The summed E-state index contributed by atoms with van der Waals surface area (Å²) in [5, 5.41) is 4.78. The lowest BCUT2D eigenvalue weighted by Crippen LogP contribution is -2.36. The first-order chi connectivity index (χ1) is 50.0. The molecule has 0 unspecified atom stereocenters. The molecule has 4 N–H and O–H groups in total. The van der Waals surface area contributed by atoms with E-state index in [1.165, 1.54) is 54.6 Å². The number of fused-ring (bicyclic) bond motifs is 3. The number of morpholine rings is 3. The summed E-state index contributed by atoms with van der Waals surface area (Å²) in [5.74, 6) is -0.528. The number of hydrogen-bond acceptors (Lipinski definition) is 19. The number of ketones is 3. The number of carbonyl (C=O) groups is 6. The lowest BCUT2D eigenvalue weighted by Gasteiger charge is -2.27. The number of nitrogen functional groups attached to an aromatic ring is 1. The van der Waals surface area contributed by atoms with Gasteiger partial charge in [0.2, 0.25) is 0 Å². The van der Waals surface area contributed by atoms with Crippen molar-refractivity contribution in [2.75, 3.05) is 110 Å². The molecule has 15 rings (SSSR count). The minimum atomic E-state index is -0.639. The zero-order valence-electron chi connectivity index (χ0n) is 55.1. The Balaban J connectivity index is 0.000000137. The SMILES string of the molecule is Nc1cccc(C(=O)c2ccc3ncc(N4CCOCC4)nc3c2)c1.O=C(Cl)c1cccc(F)c1.O=C(Nc1cccc(C(=O)c2ccc3ncc(N4CCOCC4)nc3c2)c1)c1cccc(F)c1.O=C(Nc1cccc(C(=O)c2ccc3ncc(N4CCOCC4)nc3c2)c1)c1cccc(F)c1. The molecule has 0 atom stereocenters. The van der Waals surface area contributed by atoms with Gasteiger partial charge in [-0.05, 0) is 157 Å². The number of ether oxygens (including phenoxy) is 3. The van der Waals surface area contributed by atoms with Gasteiger partial charge in [-0.2, -0.15) is 0 Å². The largest absolute Gasteiger partial charge is 0.399 e. The molecule has 518 valence electrons. The van der Waals surface area contributed by atoms with E-state index in [1.54, 1.807) is 140 Å². The Labute approximate surface area is 593 Å².